The molecule has 2 N–H and O–H groups in total. The first kappa shape index (κ1) is 16.4. The number of benzene rings is 2. The molecule has 1 amide bonds. The molecule has 120 valence electrons. The van der Waals surface area contributed by atoms with Gasteiger partial charge in [0.1, 0.15) is 5.75 Å². The second-order valence-corrected chi connectivity index (χ2v) is 4.72. The Morgan fingerprint density at radius 1 is 1.22 bits per heavy atom. The minimum atomic E-state index is -0.288. The molecule has 0 bridgehead atoms. The lowest BCUT2D eigenvalue weighted by atomic mass is 10.2. The fraction of sp³-hybridized carbons (Fsp3) is 0.167. The van der Waals surface area contributed by atoms with Crippen LogP contribution in [0.25, 0.3) is 6.08 Å². The number of carbonyl (C=O) groups is 1. The van der Waals surface area contributed by atoms with E-state index in [1.807, 2.05) is 13.0 Å². The number of ether oxygens (including phenoxy) is 2. The molecule has 0 radical (unpaired) electrons. The van der Waals surface area contributed by atoms with Crippen LogP contribution in [0.5, 0.6) is 17.2 Å². The Balaban J connectivity index is 2.05. The molecular weight excluding hydrogens is 294 g/mol. The SMILES string of the molecule is CCOc1ccc(/C=C/C(=O)Nc2cccc(O)c2)cc1OC. The minimum Gasteiger partial charge on any atom is -0.508 e. The molecule has 0 aliphatic heterocycles. The Bertz CT molecular complexity index is 710. The lowest BCUT2D eigenvalue weighted by molar-refractivity contribution is -0.111. The van der Waals surface area contributed by atoms with E-state index < -0.39 is 0 Å². The maximum Gasteiger partial charge on any atom is 0.248 e. The lowest BCUT2D eigenvalue weighted by Crippen LogP contribution is -2.07. The number of phenolic OH excluding ortho intramolecular Hbond substituents is 1. The second kappa shape index (κ2) is 7.89. The van der Waals surface area contributed by atoms with Gasteiger partial charge >= 0.3 is 0 Å². The van der Waals surface area contributed by atoms with Crippen molar-refractivity contribution in [2.45, 2.75) is 6.92 Å². The van der Waals surface area contributed by atoms with Gasteiger partial charge < -0.3 is 19.9 Å². The summed E-state index contributed by atoms with van der Waals surface area (Å²) in [4.78, 5) is 11.9. The normalized spacial score (nSPS) is 10.5. The molecule has 0 atom stereocenters. The van der Waals surface area contributed by atoms with E-state index in [-0.39, 0.29) is 11.7 Å². The summed E-state index contributed by atoms with van der Waals surface area (Å²) < 4.78 is 10.7. The lowest BCUT2D eigenvalue weighted by Gasteiger charge is -2.09. The van der Waals surface area contributed by atoms with E-state index in [1.54, 1.807) is 37.5 Å². The number of hydrogen-bond donors (Lipinski definition) is 2. The number of phenols is 1. The zero-order valence-corrected chi connectivity index (χ0v) is 13.1. The van der Waals surface area contributed by atoms with Gasteiger partial charge in [-0.25, -0.2) is 0 Å². The highest BCUT2D eigenvalue weighted by molar-refractivity contribution is 6.02. The summed E-state index contributed by atoms with van der Waals surface area (Å²) in [6, 6.07) is 11.8. The zero-order valence-electron chi connectivity index (χ0n) is 13.1. The van der Waals surface area contributed by atoms with E-state index in [4.69, 9.17) is 9.47 Å². The molecule has 0 aliphatic rings. The summed E-state index contributed by atoms with van der Waals surface area (Å²) >= 11 is 0. The van der Waals surface area contributed by atoms with Crippen molar-refractivity contribution in [3.05, 3.63) is 54.1 Å². The minimum absolute atomic E-state index is 0.100. The number of amides is 1. The van der Waals surface area contributed by atoms with Gasteiger partial charge in [0.15, 0.2) is 11.5 Å². The summed E-state index contributed by atoms with van der Waals surface area (Å²) in [6.45, 7) is 2.46. The van der Waals surface area contributed by atoms with Crippen molar-refractivity contribution in [1.29, 1.82) is 0 Å². The number of rotatable bonds is 6. The van der Waals surface area contributed by atoms with Gasteiger partial charge in [0.05, 0.1) is 13.7 Å². The first-order valence-corrected chi connectivity index (χ1v) is 7.21. The number of carbonyl (C=O) groups excluding carboxylic acids is 1. The first-order chi connectivity index (χ1) is 11.1. The fourth-order valence-electron chi connectivity index (χ4n) is 2.00. The van der Waals surface area contributed by atoms with Crippen LogP contribution < -0.4 is 14.8 Å². The van der Waals surface area contributed by atoms with Crippen molar-refractivity contribution in [3.8, 4) is 17.2 Å². The Hall–Kier alpha value is -2.95. The molecule has 0 aromatic heterocycles. The van der Waals surface area contributed by atoms with Crippen molar-refractivity contribution < 1.29 is 19.4 Å². The Morgan fingerprint density at radius 2 is 2.04 bits per heavy atom. The van der Waals surface area contributed by atoms with Crippen LogP contribution in [0.3, 0.4) is 0 Å². The molecule has 5 nitrogen and oxygen atoms in total. The summed E-state index contributed by atoms with van der Waals surface area (Å²) in [6.07, 6.45) is 3.09. The molecule has 0 spiro atoms. The molecule has 0 heterocycles. The Morgan fingerprint density at radius 3 is 2.74 bits per heavy atom. The van der Waals surface area contributed by atoms with Gasteiger partial charge in [0.2, 0.25) is 5.91 Å². The Kier molecular flexibility index (Phi) is 5.63. The van der Waals surface area contributed by atoms with Crippen LogP contribution in [-0.4, -0.2) is 24.7 Å². The van der Waals surface area contributed by atoms with Crippen molar-refractivity contribution >= 4 is 17.7 Å². The molecule has 0 saturated heterocycles. The highest BCUT2D eigenvalue weighted by Crippen LogP contribution is 2.28. The average molecular weight is 313 g/mol. The topological polar surface area (TPSA) is 67.8 Å². The van der Waals surface area contributed by atoms with Crippen LogP contribution in [0.15, 0.2) is 48.5 Å². The molecule has 0 saturated carbocycles. The number of hydrogen-bond acceptors (Lipinski definition) is 4. The van der Waals surface area contributed by atoms with Crippen molar-refractivity contribution in [2.75, 3.05) is 19.0 Å². The standard InChI is InChI=1S/C18H19NO4/c1-3-23-16-9-7-13(11-17(16)22-2)8-10-18(21)19-14-5-4-6-15(20)12-14/h4-12,20H,3H2,1-2H3,(H,19,21)/b10-8+. The van der Waals surface area contributed by atoms with Gasteiger partial charge in [-0.1, -0.05) is 12.1 Å². The third-order valence-corrected chi connectivity index (χ3v) is 3.03. The first-order valence-electron chi connectivity index (χ1n) is 7.21. The monoisotopic (exact) mass is 313 g/mol. The zero-order chi connectivity index (χ0) is 16.7. The highest BCUT2D eigenvalue weighted by atomic mass is 16.5. The predicted molar refractivity (Wildman–Crippen MR) is 89.9 cm³/mol. The van der Waals surface area contributed by atoms with Crippen molar-refractivity contribution in [3.63, 3.8) is 0 Å². The van der Waals surface area contributed by atoms with E-state index >= 15 is 0 Å². The predicted octanol–water partition coefficient (Wildman–Crippen LogP) is 3.45. The van der Waals surface area contributed by atoms with E-state index in [2.05, 4.69) is 5.32 Å². The van der Waals surface area contributed by atoms with Gasteiger partial charge in [0, 0.05) is 17.8 Å². The summed E-state index contributed by atoms with van der Waals surface area (Å²) in [5.41, 5.74) is 1.35. The number of nitrogens with one attached hydrogen (secondary N) is 1. The van der Waals surface area contributed by atoms with Gasteiger partial charge in [-0.05, 0) is 42.8 Å². The van der Waals surface area contributed by atoms with Gasteiger partial charge in [-0.15, -0.1) is 0 Å². The van der Waals surface area contributed by atoms with Crippen LogP contribution in [0.2, 0.25) is 0 Å². The Labute approximate surface area is 135 Å². The largest absolute Gasteiger partial charge is 0.508 e. The maximum atomic E-state index is 11.9. The molecule has 0 fully saturated rings. The van der Waals surface area contributed by atoms with Gasteiger partial charge in [0.25, 0.3) is 0 Å². The number of aromatic hydroxyl groups is 1. The third kappa shape index (κ3) is 4.78. The molecule has 2 aromatic carbocycles. The average Bonchev–Trinajstić information content (AvgIpc) is 2.54. The van der Waals surface area contributed by atoms with E-state index in [0.717, 1.165) is 5.56 Å². The molecular formula is C18H19NO4. The van der Waals surface area contributed by atoms with Crippen LogP contribution in [0.4, 0.5) is 5.69 Å². The van der Waals surface area contributed by atoms with Gasteiger partial charge in [-0.3, -0.25) is 4.79 Å². The van der Waals surface area contributed by atoms with Crippen molar-refractivity contribution in [2.24, 2.45) is 0 Å². The molecule has 2 aromatic rings. The molecule has 23 heavy (non-hydrogen) atoms. The second-order valence-electron chi connectivity index (χ2n) is 4.72. The van der Waals surface area contributed by atoms with Crippen LogP contribution in [-0.2, 0) is 4.79 Å². The summed E-state index contributed by atoms with van der Waals surface area (Å²) in [5, 5.41) is 12.0. The van der Waals surface area contributed by atoms with E-state index in [1.165, 1.54) is 18.2 Å². The van der Waals surface area contributed by atoms with Gasteiger partial charge in [-0.2, -0.15) is 0 Å². The number of anilines is 1. The van der Waals surface area contributed by atoms with Crippen LogP contribution >= 0.6 is 0 Å². The molecule has 0 aliphatic carbocycles. The summed E-state index contributed by atoms with van der Waals surface area (Å²) in [7, 11) is 1.57. The highest BCUT2D eigenvalue weighted by Gasteiger charge is 2.04. The van der Waals surface area contributed by atoms with E-state index in [0.29, 0.717) is 23.8 Å². The fourth-order valence-corrected chi connectivity index (χ4v) is 2.00. The maximum absolute atomic E-state index is 11.9. The quantitative estimate of drug-likeness (QED) is 0.802. The summed E-state index contributed by atoms with van der Waals surface area (Å²) in [5.74, 6) is 1.09. The van der Waals surface area contributed by atoms with Crippen LogP contribution in [0, 0.1) is 0 Å². The van der Waals surface area contributed by atoms with Crippen LogP contribution in [0.1, 0.15) is 12.5 Å². The van der Waals surface area contributed by atoms with Crippen molar-refractivity contribution in [1.82, 2.24) is 0 Å². The molecule has 5 heteroatoms. The molecule has 2 rings (SSSR count). The van der Waals surface area contributed by atoms with E-state index in [9.17, 15) is 9.90 Å². The molecule has 0 unspecified atom stereocenters. The smallest absolute Gasteiger partial charge is 0.248 e. The number of methoxy groups -OCH3 is 1. The third-order valence-electron chi connectivity index (χ3n) is 3.03.